The Kier molecular flexibility index (Phi) is 4.32. The fraction of sp³-hybridized carbons (Fsp3) is 0.714. The maximum Gasteiger partial charge on any atom is 0.223 e. The van der Waals surface area contributed by atoms with E-state index in [1.54, 1.807) is 7.11 Å². The minimum absolute atomic E-state index is 0.0349. The Morgan fingerprint density at radius 2 is 2.45 bits per heavy atom. The smallest absolute Gasteiger partial charge is 0.223 e. The van der Waals surface area contributed by atoms with Crippen LogP contribution in [0.3, 0.4) is 0 Å². The summed E-state index contributed by atoms with van der Waals surface area (Å²) in [4.78, 5) is 10.7. The molecule has 1 aromatic rings. The van der Waals surface area contributed by atoms with Gasteiger partial charge in [-0.1, -0.05) is 0 Å². The van der Waals surface area contributed by atoms with Crippen molar-refractivity contribution in [3.63, 3.8) is 0 Å². The Labute approximate surface area is 129 Å². The summed E-state index contributed by atoms with van der Waals surface area (Å²) in [5, 5.41) is 11.9. The molecule has 0 spiro atoms. The average molecular weight is 309 g/mol. The zero-order valence-corrected chi connectivity index (χ0v) is 12.8. The Balaban J connectivity index is 1.79. The van der Waals surface area contributed by atoms with Gasteiger partial charge in [0.15, 0.2) is 0 Å². The molecule has 0 saturated carbocycles. The maximum absolute atomic E-state index is 8.90. The van der Waals surface area contributed by atoms with Crippen LogP contribution in [0.4, 0.5) is 17.6 Å². The van der Waals surface area contributed by atoms with Gasteiger partial charge in [-0.2, -0.15) is 9.97 Å². The van der Waals surface area contributed by atoms with Crippen LogP contribution < -0.4 is 16.0 Å². The molecule has 3 rings (SSSR count). The second kappa shape index (κ2) is 6.23. The highest BCUT2D eigenvalue weighted by Gasteiger charge is 2.51. The van der Waals surface area contributed by atoms with Crippen molar-refractivity contribution in [3.8, 4) is 0 Å². The van der Waals surface area contributed by atoms with E-state index in [1.165, 1.54) is 0 Å². The monoisotopic (exact) mass is 309 g/mol. The van der Waals surface area contributed by atoms with Crippen molar-refractivity contribution in [2.75, 3.05) is 69.1 Å². The number of aliphatic hydroxyl groups is 1. The molecule has 2 fully saturated rings. The molecule has 8 heteroatoms. The molecular weight excluding hydrogens is 286 g/mol. The summed E-state index contributed by atoms with van der Waals surface area (Å²) < 4.78 is 11.1. The van der Waals surface area contributed by atoms with Crippen molar-refractivity contribution in [2.45, 2.75) is 0 Å². The second-order valence-corrected chi connectivity index (χ2v) is 6.01. The van der Waals surface area contributed by atoms with E-state index < -0.39 is 0 Å². The number of methoxy groups -OCH3 is 1. The van der Waals surface area contributed by atoms with Crippen LogP contribution in [-0.2, 0) is 9.47 Å². The van der Waals surface area contributed by atoms with Crippen molar-refractivity contribution in [1.29, 1.82) is 0 Å². The molecule has 4 N–H and O–H groups in total. The summed E-state index contributed by atoms with van der Waals surface area (Å²) in [5.41, 5.74) is 5.84. The highest BCUT2D eigenvalue weighted by Crippen LogP contribution is 2.42. The van der Waals surface area contributed by atoms with E-state index in [4.69, 9.17) is 20.3 Å². The molecule has 3 heterocycles. The first-order valence-corrected chi connectivity index (χ1v) is 7.48. The molecule has 0 aliphatic carbocycles. The molecule has 1 aromatic heterocycles. The third kappa shape index (κ3) is 2.81. The number of anilines is 3. The zero-order chi connectivity index (χ0) is 15.6. The van der Waals surface area contributed by atoms with Crippen LogP contribution >= 0.6 is 0 Å². The third-order valence-electron chi connectivity index (χ3n) is 4.42. The number of nitrogens with one attached hydrogen (secondary N) is 1. The first-order chi connectivity index (χ1) is 10.7. The minimum Gasteiger partial charge on any atom is -0.395 e. The molecule has 0 radical (unpaired) electrons. The standard InChI is InChI=1S/C14H23N5O3/c1-21-8-14-7-19(5-10(14)6-22-9-14)12-4-11(16-2-3-20)17-13(15)18-12/h4,10,20H,2-3,5-9H2,1H3,(H3,15,16,17,18)/t10-,14-/m0/s1. The average Bonchev–Trinajstić information content (AvgIpc) is 3.01. The van der Waals surface area contributed by atoms with Crippen LogP contribution in [0.1, 0.15) is 0 Å². The molecule has 0 unspecified atom stereocenters. The molecule has 0 bridgehead atoms. The predicted octanol–water partition coefficient (Wildman–Crippen LogP) is -0.438. The van der Waals surface area contributed by atoms with E-state index in [-0.39, 0.29) is 18.0 Å². The lowest BCUT2D eigenvalue weighted by atomic mass is 9.82. The molecule has 8 nitrogen and oxygen atoms in total. The Morgan fingerprint density at radius 1 is 1.59 bits per heavy atom. The number of aliphatic hydroxyl groups excluding tert-OH is 1. The quantitative estimate of drug-likeness (QED) is 0.649. The van der Waals surface area contributed by atoms with Crippen molar-refractivity contribution in [2.24, 2.45) is 11.3 Å². The normalized spacial score (nSPS) is 27.2. The van der Waals surface area contributed by atoms with Crippen LogP contribution in [0, 0.1) is 11.3 Å². The number of aromatic nitrogens is 2. The van der Waals surface area contributed by atoms with Gasteiger partial charge in [-0.15, -0.1) is 0 Å². The Morgan fingerprint density at radius 3 is 3.23 bits per heavy atom. The van der Waals surface area contributed by atoms with Gasteiger partial charge in [0.2, 0.25) is 5.95 Å². The molecule has 122 valence electrons. The molecule has 2 saturated heterocycles. The van der Waals surface area contributed by atoms with Crippen molar-refractivity contribution in [3.05, 3.63) is 6.07 Å². The fourth-order valence-electron chi connectivity index (χ4n) is 3.39. The largest absolute Gasteiger partial charge is 0.395 e. The summed E-state index contributed by atoms with van der Waals surface area (Å²) in [6, 6.07) is 1.87. The van der Waals surface area contributed by atoms with Gasteiger partial charge in [-0.05, 0) is 0 Å². The summed E-state index contributed by atoms with van der Waals surface area (Å²) in [7, 11) is 1.73. The van der Waals surface area contributed by atoms with E-state index in [2.05, 4.69) is 20.2 Å². The van der Waals surface area contributed by atoms with Crippen LogP contribution in [-0.4, -0.2) is 68.2 Å². The van der Waals surface area contributed by atoms with Crippen LogP contribution in [0.5, 0.6) is 0 Å². The third-order valence-corrected chi connectivity index (χ3v) is 4.42. The fourth-order valence-corrected chi connectivity index (χ4v) is 3.39. The van der Waals surface area contributed by atoms with Gasteiger partial charge in [0, 0.05) is 44.1 Å². The Bertz CT molecular complexity index is 529. The van der Waals surface area contributed by atoms with Gasteiger partial charge in [0.25, 0.3) is 0 Å². The van der Waals surface area contributed by atoms with Crippen LogP contribution in [0.25, 0.3) is 0 Å². The van der Waals surface area contributed by atoms with Crippen LogP contribution in [0.15, 0.2) is 6.07 Å². The predicted molar refractivity (Wildman–Crippen MR) is 82.9 cm³/mol. The van der Waals surface area contributed by atoms with Crippen LogP contribution in [0.2, 0.25) is 0 Å². The first kappa shape index (κ1) is 15.3. The van der Waals surface area contributed by atoms with Crippen molar-refractivity contribution >= 4 is 17.6 Å². The van der Waals surface area contributed by atoms with Gasteiger partial charge < -0.3 is 30.5 Å². The lowest BCUT2D eigenvalue weighted by Gasteiger charge is -2.26. The van der Waals surface area contributed by atoms with E-state index in [0.717, 1.165) is 32.1 Å². The van der Waals surface area contributed by atoms with E-state index in [1.807, 2.05) is 6.07 Å². The van der Waals surface area contributed by atoms with E-state index in [0.29, 0.717) is 24.9 Å². The molecular formula is C14H23N5O3. The van der Waals surface area contributed by atoms with Crippen molar-refractivity contribution < 1.29 is 14.6 Å². The highest BCUT2D eigenvalue weighted by molar-refractivity contribution is 5.53. The topological polar surface area (TPSA) is 106 Å². The summed E-state index contributed by atoms with van der Waals surface area (Å²) in [6.45, 7) is 4.35. The summed E-state index contributed by atoms with van der Waals surface area (Å²) >= 11 is 0. The zero-order valence-electron chi connectivity index (χ0n) is 12.8. The lowest BCUT2D eigenvalue weighted by molar-refractivity contribution is 0.0660. The number of rotatable bonds is 6. The molecule has 2 aliphatic heterocycles. The SMILES string of the molecule is COC[C@@]12COC[C@@H]1CN(c1cc(NCCO)nc(N)n1)C2. The molecule has 2 atom stereocenters. The number of nitrogens with zero attached hydrogens (tertiary/aromatic N) is 3. The summed E-state index contributed by atoms with van der Waals surface area (Å²) in [5.74, 6) is 2.10. The molecule has 22 heavy (non-hydrogen) atoms. The molecule has 2 aliphatic rings. The lowest BCUT2D eigenvalue weighted by Crippen LogP contribution is -2.35. The van der Waals surface area contributed by atoms with Gasteiger partial charge >= 0.3 is 0 Å². The van der Waals surface area contributed by atoms with E-state index >= 15 is 0 Å². The van der Waals surface area contributed by atoms with Gasteiger partial charge in [0.1, 0.15) is 11.6 Å². The summed E-state index contributed by atoms with van der Waals surface area (Å²) in [6.07, 6.45) is 0. The minimum atomic E-state index is 0.0349. The van der Waals surface area contributed by atoms with Crippen molar-refractivity contribution in [1.82, 2.24) is 9.97 Å². The number of nitrogens with two attached hydrogens (primary N) is 1. The van der Waals surface area contributed by atoms with Gasteiger partial charge in [-0.3, -0.25) is 0 Å². The number of ether oxygens (including phenoxy) is 2. The molecule has 0 aromatic carbocycles. The first-order valence-electron chi connectivity index (χ1n) is 7.48. The second-order valence-electron chi connectivity index (χ2n) is 6.01. The number of fused-ring (bicyclic) bond motifs is 1. The molecule has 0 amide bonds. The number of hydrogen-bond acceptors (Lipinski definition) is 8. The van der Waals surface area contributed by atoms with E-state index in [9.17, 15) is 0 Å². The maximum atomic E-state index is 8.90. The number of hydrogen-bond donors (Lipinski definition) is 3. The highest BCUT2D eigenvalue weighted by atomic mass is 16.5. The Hall–Kier alpha value is -1.64. The van der Waals surface area contributed by atoms with Gasteiger partial charge in [0.05, 0.1) is 26.4 Å². The number of nitrogen functional groups attached to an aromatic ring is 1. The van der Waals surface area contributed by atoms with Gasteiger partial charge in [-0.25, -0.2) is 0 Å².